The van der Waals surface area contributed by atoms with Gasteiger partial charge in [0.1, 0.15) is 30.6 Å². The van der Waals surface area contributed by atoms with Gasteiger partial charge in [0, 0.05) is 30.7 Å². The van der Waals surface area contributed by atoms with Crippen LogP contribution in [0, 0.1) is 5.82 Å². The molecule has 4 heterocycles. The number of anilines is 2. The summed E-state index contributed by atoms with van der Waals surface area (Å²) in [6.45, 7) is -0.636. The number of rotatable bonds is 9. The normalized spacial score (nSPS) is 16.7. The Hall–Kier alpha value is -6.82. The average Bonchev–Trinajstić information content (AvgIpc) is 3.80. The van der Waals surface area contributed by atoms with Crippen molar-refractivity contribution in [1.29, 1.82) is 0 Å². The lowest BCUT2D eigenvalue weighted by Gasteiger charge is -2.21. The zero-order valence-electron chi connectivity index (χ0n) is 29.0. The number of carbonyl (C=O) groups excluding carboxylic acids is 4. The first-order chi connectivity index (χ1) is 26.4. The molecule has 4 amide bonds. The van der Waals surface area contributed by atoms with Crippen molar-refractivity contribution in [1.82, 2.24) is 29.0 Å². The van der Waals surface area contributed by atoms with Gasteiger partial charge >= 0.3 is 15.9 Å². The summed E-state index contributed by atoms with van der Waals surface area (Å²) in [6.07, 6.45) is 3.45. The molecule has 2 aliphatic rings. The molecule has 2 aliphatic heterocycles. The molecule has 2 fully saturated rings. The van der Waals surface area contributed by atoms with Gasteiger partial charge in [0.05, 0.1) is 29.3 Å². The van der Waals surface area contributed by atoms with E-state index in [9.17, 15) is 32.4 Å². The van der Waals surface area contributed by atoms with Crippen LogP contribution in [0.4, 0.5) is 15.8 Å². The van der Waals surface area contributed by atoms with Gasteiger partial charge in [0.2, 0.25) is 17.7 Å². The van der Waals surface area contributed by atoms with Gasteiger partial charge in [-0.05, 0) is 65.4 Å². The lowest BCUT2D eigenvalue weighted by atomic mass is 10.1. The van der Waals surface area contributed by atoms with Gasteiger partial charge in [-0.25, -0.2) is 22.9 Å². The van der Waals surface area contributed by atoms with E-state index in [1.165, 1.54) is 39.6 Å². The number of fused-ring (bicyclic) bond motifs is 2. The number of benzene rings is 4. The van der Waals surface area contributed by atoms with Crippen molar-refractivity contribution in [3.63, 3.8) is 0 Å². The molecule has 0 radical (unpaired) electrons. The molecule has 0 aliphatic carbocycles. The Morgan fingerprint density at radius 2 is 1.78 bits per heavy atom. The number of hydrogen-bond acceptors (Lipinski definition) is 9. The summed E-state index contributed by atoms with van der Waals surface area (Å²) in [5, 5.41) is 9.83. The van der Waals surface area contributed by atoms with Crippen molar-refractivity contribution in [3.05, 3.63) is 113 Å². The van der Waals surface area contributed by atoms with Crippen LogP contribution in [-0.2, 0) is 49.5 Å². The maximum Gasteiger partial charge on any atom is 0.329 e. The molecule has 18 heteroatoms. The highest BCUT2D eigenvalue weighted by atomic mass is 32.2. The van der Waals surface area contributed by atoms with Gasteiger partial charge in [-0.15, -0.1) is 0 Å². The van der Waals surface area contributed by atoms with E-state index in [-0.39, 0.29) is 42.9 Å². The molecule has 0 bridgehead atoms. The van der Waals surface area contributed by atoms with Gasteiger partial charge < -0.3 is 10.1 Å². The highest BCUT2D eigenvalue weighted by Crippen LogP contribution is 2.40. The van der Waals surface area contributed by atoms with Crippen LogP contribution in [0.3, 0.4) is 0 Å². The van der Waals surface area contributed by atoms with Crippen molar-refractivity contribution in [3.8, 4) is 11.4 Å². The number of nitrogens with one attached hydrogen (secondary N) is 3. The van der Waals surface area contributed by atoms with Crippen molar-refractivity contribution in [2.75, 3.05) is 16.2 Å². The van der Waals surface area contributed by atoms with Crippen molar-refractivity contribution >= 4 is 67.0 Å². The Morgan fingerprint density at radius 3 is 2.53 bits per heavy atom. The van der Waals surface area contributed by atoms with Gasteiger partial charge in [0.15, 0.2) is 5.82 Å². The first-order valence-electron chi connectivity index (χ1n) is 17.0. The number of ether oxygens (including phenoxy) is 1. The minimum absolute atomic E-state index is 0.0146. The highest BCUT2D eigenvalue weighted by molar-refractivity contribution is 7.92. The van der Waals surface area contributed by atoms with Crippen LogP contribution in [-0.4, -0.2) is 57.5 Å². The summed E-state index contributed by atoms with van der Waals surface area (Å²) in [7, 11) is -2.77. The molecule has 2 saturated heterocycles. The second-order valence-electron chi connectivity index (χ2n) is 13.2. The summed E-state index contributed by atoms with van der Waals surface area (Å²) in [5.41, 5.74) is 2.49. The molecule has 3 N–H and O–H groups in total. The topological polar surface area (TPSA) is 196 Å². The fourth-order valence-electron chi connectivity index (χ4n) is 6.84. The summed E-state index contributed by atoms with van der Waals surface area (Å²) >= 11 is 0. The van der Waals surface area contributed by atoms with E-state index < -0.39 is 57.7 Å². The number of imidazole rings is 1. The minimum atomic E-state index is -4.36. The second kappa shape index (κ2) is 13.5. The number of imide groups is 1. The largest absolute Gasteiger partial charge is 0.487 e. The van der Waals surface area contributed by atoms with E-state index in [1.54, 1.807) is 60.4 Å². The average molecular weight is 767 g/mol. The van der Waals surface area contributed by atoms with Gasteiger partial charge in [-0.1, -0.05) is 30.3 Å². The second-order valence-corrected chi connectivity index (χ2v) is 14.7. The van der Waals surface area contributed by atoms with Crippen LogP contribution in [0.15, 0.2) is 90.0 Å². The number of piperidine rings is 1. The first-order valence-corrected chi connectivity index (χ1v) is 18.4. The monoisotopic (exact) mass is 766 g/mol. The highest BCUT2D eigenvalue weighted by Gasteiger charge is 2.38. The third-order valence-electron chi connectivity index (χ3n) is 9.47. The number of carbonyl (C=O) groups is 4. The number of aryl methyl sites for hydroxylation is 1. The Bertz CT molecular complexity index is 2760. The molecule has 0 spiro atoms. The SMILES string of the molecule is Cn1c(=O)n(C2CCC(=O)NC2=O)c2ccc(-n3cc(CC(=O)Nc4ccc5c(F)c(N6CC(=O)NS6(=O)=O)c(OCc6ccccc6)cc5c4)cn3)cc21. The molecule has 6 aromatic rings. The van der Waals surface area contributed by atoms with E-state index >= 15 is 4.39 Å². The summed E-state index contributed by atoms with van der Waals surface area (Å²) in [4.78, 5) is 62.6. The number of amides is 4. The van der Waals surface area contributed by atoms with E-state index in [0.29, 0.717) is 37.7 Å². The molecule has 1 atom stereocenters. The van der Waals surface area contributed by atoms with E-state index in [2.05, 4.69) is 15.7 Å². The molecule has 0 saturated carbocycles. The molecule has 8 rings (SSSR count). The quantitative estimate of drug-likeness (QED) is 0.186. The molecule has 1 unspecified atom stereocenters. The van der Waals surface area contributed by atoms with Crippen molar-refractivity contribution in [2.45, 2.75) is 31.9 Å². The fourth-order valence-corrected chi connectivity index (χ4v) is 8.00. The Morgan fingerprint density at radius 1 is 0.982 bits per heavy atom. The molecule has 4 aromatic carbocycles. The predicted octanol–water partition coefficient (Wildman–Crippen LogP) is 2.74. The van der Waals surface area contributed by atoms with Gasteiger partial charge in [0.25, 0.3) is 5.91 Å². The summed E-state index contributed by atoms with van der Waals surface area (Å²) in [6, 6.07) is 19.2. The van der Waals surface area contributed by atoms with Crippen molar-refractivity contribution < 1.29 is 36.7 Å². The third-order valence-corrected chi connectivity index (χ3v) is 10.8. The maximum atomic E-state index is 16.2. The van der Waals surface area contributed by atoms with Gasteiger partial charge in [-0.3, -0.25) is 33.6 Å². The van der Waals surface area contributed by atoms with Crippen LogP contribution >= 0.6 is 0 Å². The summed E-state index contributed by atoms with van der Waals surface area (Å²) in [5.74, 6) is -3.15. The van der Waals surface area contributed by atoms with E-state index in [0.717, 1.165) is 5.56 Å². The third kappa shape index (κ3) is 6.56. The molecule has 16 nitrogen and oxygen atoms in total. The predicted molar refractivity (Wildman–Crippen MR) is 197 cm³/mol. The molecular weight excluding hydrogens is 736 g/mol. The zero-order chi connectivity index (χ0) is 38.6. The lowest BCUT2D eigenvalue weighted by molar-refractivity contribution is -0.135. The number of nitrogens with zero attached hydrogens (tertiary/aromatic N) is 5. The Kier molecular flexibility index (Phi) is 8.68. The van der Waals surface area contributed by atoms with Crippen LogP contribution in [0.5, 0.6) is 5.75 Å². The van der Waals surface area contributed by atoms with Gasteiger partial charge in [-0.2, -0.15) is 13.5 Å². The zero-order valence-corrected chi connectivity index (χ0v) is 29.8. The number of halogens is 1. The lowest BCUT2D eigenvalue weighted by Crippen LogP contribution is -2.44. The maximum absolute atomic E-state index is 16.2. The van der Waals surface area contributed by atoms with Crippen LogP contribution in [0.25, 0.3) is 27.5 Å². The molecule has 55 heavy (non-hydrogen) atoms. The smallest absolute Gasteiger partial charge is 0.329 e. The van der Waals surface area contributed by atoms with Crippen LogP contribution in [0.1, 0.15) is 30.0 Å². The van der Waals surface area contributed by atoms with E-state index in [4.69, 9.17) is 4.74 Å². The molecule has 280 valence electrons. The standard InChI is InChI=1S/C37H31FN8O8S/c1-43-29-16-25(8-10-27(29)46(37(43)51)28-11-12-31(47)41-36(28)50)44-18-22(17-39-44)13-32(48)40-24-7-9-26-23(14-24)15-30(54-20-21-5-3-2-4-6-21)35(34(26)38)45-19-33(49)42-55(45,52)53/h2-10,14-18,28H,11-13,19-20H2,1H3,(H,40,48)(H,42,49)(H,41,47,50). The van der Waals surface area contributed by atoms with Crippen LogP contribution in [0.2, 0.25) is 0 Å². The Labute approximate surface area is 311 Å². The fraction of sp³-hybridized carbons (Fsp3) is 0.189. The number of hydrogen-bond donors (Lipinski definition) is 3. The first kappa shape index (κ1) is 35.2. The Balaban J connectivity index is 1.02. The number of aromatic nitrogens is 4. The molecular formula is C37H31FN8O8S. The summed E-state index contributed by atoms with van der Waals surface area (Å²) < 4.78 is 54.4. The molecule has 2 aromatic heterocycles. The van der Waals surface area contributed by atoms with Crippen LogP contribution < -0.4 is 30.1 Å². The van der Waals surface area contributed by atoms with Crippen molar-refractivity contribution in [2.24, 2.45) is 7.05 Å². The van der Waals surface area contributed by atoms with E-state index in [1.807, 2.05) is 10.8 Å². The minimum Gasteiger partial charge on any atom is -0.487 e.